The Morgan fingerprint density at radius 1 is 1.40 bits per heavy atom. The smallest absolute Gasteiger partial charge is 0.241 e. The summed E-state index contributed by atoms with van der Waals surface area (Å²) in [4.78, 5) is 4.99. The summed E-state index contributed by atoms with van der Waals surface area (Å²) in [6.45, 7) is 1.94. The van der Waals surface area contributed by atoms with E-state index in [1.807, 2.05) is 6.92 Å². The van der Waals surface area contributed by atoms with E-state index in [0.717, 1.165) is 10.4 Å². The number of aliphatic hydroxyl groups excluding tert-OH is 1. The molecule has 20 heavy (non-hydrogen) atoms. The number of sulfonamides is 1. The Morgan fingerprint density at radius 2 is 2.20 bits per heavy atom. The molecule has 2 N–H and O–H groups in total. The summed E-state index contributed by atoms with van der Waals surface area (Å²) in [6.07, 6.45) is 2.25. The molecule has 0 spiro atoms. The van der Waals surface area contributed by atoms with Gasteiger partial charge in [-0.3, -0.25) is 4.98 Å². The maximum absolute atomic E-state index is 12.4. The highest BCUT2D eigenvalue weighted by atomic mass is 32.2. The first-order valence-electron chi connectivity index (χ1n) is 6.16. The molecule has 0 saturated heterocycles. The van der Waals surface area contributed by atoms with Gasteiger partial charge in [0.05, 0.1) is 17.0 Å². The molecule has 108 valence electrons. The van der Waals surface area contributed by atoms with Crippen LogP contribution in [-0.4, -0.2) is 18.5 Å². The van der Waals surface area contributed by atoms with Gasteiger partial charge in [-0.15, -0.1) is 11.3 Å². The molecule has 7 heteroatoms. The fourth-order valence-electron chi connectivity index (χ4n) is 1.81. The van der Waals surface area contributed by atoms with E-state index >= 15 is 0 Å². The Bertz CT molecular complexity index is 667. The minimum Gasteiger partial charge on any atom is -0.392 e. The summed E-state index contributed by atoms with van der Waals surface area (Å²) >= 11 is 1.40. The Hall–Kier alpha value is -1.28. The number of aliphatic hydroxyl groups is 1. The molecule has 1 heterocycles. The average molecular weight is 312 g/mol. The van der Waals surface area contributed by atoms with Gasteiger partial charge in [0, 0.05) is 17.6 Å². The van der Waals surface area contributed by atoms with Gasteiger partial charge in [0.25, 0.3) is 0 Å². The van der Waals surface area contributed by atoms with Crippen LogP contribution in [0.3, 0.4) is 0 Å². The molecule has 0 amide bonds. The third-order valence-electron chi connectivity index (χ3n) is 2.90. The average Bonchev–Trinajstić information content (AvgIpc) is 2.98. The lowest BCUT2D eigenvalue weighted by atomic mass is 10.1. The Labute approximate surface area is 122 Å². The van der Waals surface area contributed by atoms with Crippen molar-refractivity contribution in [3.8, 4) is 0 Å². The van der Waals surface area contributed by atoms with Crippen LogP contribution in [0.4, 0.5) is 0 Å². The van der Waals surface area contributed by atoms with E-state index in [-0.39, 0.29) is 18.0 Å². The maximum atomic E-state index is 12.4. The standard InChI is InChI=1S/C13H16N2O3S2/c1-2-11-4-3-10(8-16)5-13(11)20(17,18)15-7-12-6-14-9-19-12/h3-6,9,15-16H,2,7-8H2,1H3. The summed E-state index contributed by atoms with van der Waals surface area (Å²) in [5.41, 5.74) is 2.98. The number of rotatable bonds is 6. The number of hydrogen-bond donors (Lipinski definition) is 2. The highest BCUT2D eigenvalue weighted by Gasteiger charge is 2.18. The van der Waals surface area contributed by atoms with E-state index in [1.54, 1.807) is 23.8 Å². The lowest BCUT2D eigenvalue weighted by molar-refractivity contribution is 0.281. The van der Waals surface area contributed by atoms with Crippen LogP contribution in [-0.2, 0) is 29.6 Å². The highest BCUT2D eigenvalue weighted by Crippen LogP contribution is 2.19. The van der Waals surface area contributed by atoms with Gasteiger partial charge in [0.2, 0.25) is 10.0 Å². The fourth-order valence-corrected chi connectivity index (χ4v) is 3.80. The molecule has 0 saturated carbocycles. The Kier molecular flexibility index (Phi) is 4.87. The summed E-state index contributed by atoms with van der Waals surface area (Å²) in [6, 6.07) is 5.00. The predicted octanol–water partition coefficient (Wildman–Crippen LogP) is 1.68. The van der Waals surface area contributed by atoms with Gasteiger partial charge >= 0.3 is 0 Å². The lowest BCUT2D eigenvalue weighted by Crippen LogP contribution is -2.24. The molecular weight excluding hydrogens is 296 g/mol. The molecule has 1 aromatic carbocycles. The number of aromatic nitrogens is 1. The maximum Gasteiger partial charge on any atom is 0.241 e. The van der Waals surface area contributed by atoms with Gasteiger partial charge in [-0.2, -0.15) is 0 Å². The van der Waals surface area contributed by atoms with Crippen molar-refractivity contribution in [3.05, 3.63) is 45.9 Å². The van der Waals surface area contributed by atoms with E-state index in [1.165, 1.54) is 17.4 Å². The van der Waals surface area contributed by atoms with Crippen LogP contribution in [0.25, 0.3) is 0 Å². The predicted molar refractivity (Wildman–Crippen MR) is 77.9 cm³/mol. The van der Waals surface area contributed by atoms with E-state index in [9.17, 15) is 8.42 Å². The lowest BCUT2D eigenvalue weighted by Gasteiger charge is -2.11. The van der Waals surface area contributed by atoms with Crippen molar-refractivity contribution >= 4 is 21.4 Å². The van der Waals surface area contributed by atoms with Gasteiger partial charge in [-0.25, -0.2) is 13.1 Å². The molecule has 0 bridgehead atoms. The summed E-state index contributed by atoms with van der Waals surface area (Å²) < 4.78 is 27.3. The molecular formula is C13H16N2O3S2. The number of thiazole rings is 1. The summed E-state index contributed by atoms with van der Waals surface area (Å²) in [5.74, 6) is 0. The third-order valence-corrected chi connectivity index (χ3v) is 5.17. The zero-order chi connectivity index (χ0) is 14.6. The fraction of sp³-hybridized carbons (Fsp3) is 0.308. The zero-order valence-electron chi connectivity index (χ0n) is 11.0. The van der Waals surface area contributed by atoms with Crippen molar-refractivity contribution in [3.63, 3.8) is 0 Å². The van der Waals surface area contributed by atoms with Crippen molar-refractivity contribution in [2.24, 2.45) is 0 Å². The number of aryl methyl sites for hydroxylation is 1. The molecule has 2 aromatic rings. The Balaban J connectivity index is 2.28. The summed E-state index contributed by atoms with van der Waals surface area (Å²) in [7, 11) is -3.59. The van der Waals surface area contributed by atoms with Crippen LogP contribution in [0.2, 0.25) is 0 Å². The first kappa shape index (κ1) is 15.1. The number of hydrogen-bond acceptors (Lipinski definition) is 5. The van der Waals surface area contributed by atoms with Gasteiger partial charge in [-0.05, 0) is 23.6 Å². The number of nitrogens with zero attached hydrogens (tertiary/aromatic N) is 1. The first-order chi connectivity index (χ1) is 9.56. The molecule has 2 rings (SSSR count). The van der Waals surface area contributed by atoms with Crippen LogP contribution in [0.5, 0.6) is 0 Å². The number of nitrogens with one attached hydrogen (secondary N) is 1. The Morgan fingerprint density at radius 3 is 2.80 bits per heavy atom. The van der Waals surface area contributed by atoms with E-state index in [0.29, 0.717) is 12.0 Å². The SMILES string of the molecule is CCc1ccc(CO)cc1S(=O)(=O)NCc1cncs1. The largest absolute Gasteiger partial charge is 0.392 e. The quantitative estimate of drug-likeness (QED) is 0.850. The molecule has 5 nitrogen and oxygen atoms in total. The van der Waals surface area contributed by atoms with Crippen LogP contribution in [0.1, 0.15) is 22.9 Å². The van der Waals surface area contributed by atoms with Crippen LogP contribution >= 0.6 is 11.3 Å². The van der Waals surface area contributed by atoms with Crippen molar-refractivity contribution < 1.29 is 13.5 Å². The molecule has 0 atom stereocenters. The van der Waals surface area contributed by atoms with Crippen molar-refractivity contribution in [2.45, 2.75) is 31.4 Å². The topological polar surface area (TPSA) is 79.3 Å². The van der Waals surface area contributed by atoms with Crippen molar-refractivity contribution in [1.82, 2.24) is 9.71 Å². The molecule has 0 aliphatic carbocycles. The molecule has 0 aliphatic heterocycles. The first-order valence-corrected chi connectivity index (χ1v) is 8.52. The molecule has 0 fully saturated rings. The van der Waals surface area contributed by atoms with Crippen molar-refractivity contribution in [1.29, 1.82) is 0 Å². The zero-order valence-corrected chi connectivity index (χ0v) is 12.7. The van der Waals surface area contributed by atoms with E-state index in [2.05, 4.69) is 9.71 Å². The van der Waals surface area contributed by atoms with E-state index in [4.69, 9.17) is 5.11 Å². The third kappa shape index (κ3) is 3.43. The second-order valence-electron chi connectivity index (χ2n) is 4.25. The van der Waals surface area contributed by atoms with Gasteiger partial charge < -0.3 is 5.11 Å². The monoisotopic (exact) mass is 312 g/mol. The van der Waals surface area contributed by atoms with Gasteiger partial charge in [0.15, 0.2) is 0 Å². The minimum absolute atomic E-state index is 0.179. The highest BCUT2D eigenvalue weighted by molar-refractivity contribution is 7.89. The second-order valence-corrected chi connectivity index (χ2v) is 6.95. The second kappa shape index (κ2) is 6.45. The van der Waals surface area contributed by atoms with Crippen LogP contribution in [0, 0.1) is 0 Å². The molecule has 0 aliphatic rings. The number of benzene rings is 1. The van der Waals surface area contributed by atoms with Gasteiger partial charge in [0.1, 0.15) is 0 Å². The van der Waals surface area contributed by atoms with Crippen LogP contribution in [0.15, 0.2) is 34.8 Å². The normalized spacial score (nSPS) is 11.7. The van der Waals surface area contributed by atoms with E-state index < -0.39 is 10.0 Å². The van der Waals surface area contributed by atoms with Crippen molar-refractivity contribution in [2.75, 3.05) is 0 Å². The minimum atomic E-state index is -3.59. The van der Waals surface area contributed by atoms with Crippen LogP contribution < -0.4 is 4.72 Å². The molecule has 0 unspecified atom stereocenters. The molecule has 0 radical (unpaired) electrons. The van der Waals surface area contributed by atoms with Gasteiger partial charge in [-0.1, -0.05) is 19.1 Å². The molecule has 1 aromatic heterocycles. The summed E-state index contributed by atoms with van der Waals surface area (Å²) in [5, 5.41) is 9.15.